The Balaban J connectivity index is 1.56. The molecule has 0 aliphatic rings. The Bertz CT molecular complexity index is 1510. The molecule has 0 radical (unpaired) electrons. The number of nitrogens with zero attached hydrogens (tertiary/aromatic N) is 3. The fourth-order valence-corrected chi connectivity index (χ4v) is 4.13. The van der Waals surface area contributed by atoms with Crippen molar-refractivity contribution in [3.05, 3.63) is 95.9 Å². The molecule has 0 atom stereocenters. The smallest absolute Gasteiger partial charge is 0.277 e. The van der Waals surface area contributed by atoms with Gasteiger partial charge in [0.05, 0.1) is 39.1 Å². The number of hydrazone groups is 1. The fourth-order valence-electron chi connectivity index (χ4n) is 3.06. The second-order valence-corrected chi connectivity index (χ2v) is 8.86. The first kappa shape index (κ1) is 23.8. The number of amides is 1. The number of para-hydroxylation sites is 1. The average molecular weight is 499 g/mol. The molecule has 2 N–H and O–H groups in total. The molecule has 0 bridgehead atoms. The van der Waals surface area contributed by atoms with Gasteiger partial charge in [0.2, 0.25) is 0 Å². The Hall–Kier alpha value is -4.32. The Morgan fingerprint density at radius 1 is 0.971 bits per heavy atom. The van der Waals surface area contributed by atoms with Gasteiger partial charge in [0.15, 0.2) is 0 Å². The van der Waals surface area contributed by atoms with Gasteiger partial charge in [-0.25, -0.2) is 18.8 Å². The largest absolute Gasteiger partial charge is 0.416 e. The lowest BCUT2D eigenvalue weighted by Crippen LogP contribution is -2.17. The number of hydrogen-bond donors (Lipinski definition) is 2. The van der Waals surface area contributed by atoms with Crippen molar-refractivity contribution in [2.24, 2.45) is 5.10 Å². The van der Waals surface area contributed by atoms with Crippen LogP contribution < -0.4 is 10.1 Å². The third-order valence-corrected chi connectivity index (χ3v) is 6.15. The molecule has 0 saturated heterocycles. The van der Waals surface area contributed by atoms with E-state index in [0.717, 1.165) is 12.1 Å². The first-order valence-corrected chi connectivity index (χ1v) is 11.4. The van der Waals surface area contributed by atoms with Crippen LogP contribution in [0.4, 0.5) is 18.9 Å². The van der Waals surface area contributed by atoms with Crippen molar-refractivity contribution >= 4 is 38.7 Å². The standard InChI is InChI=1S/C23H16F3N5O3S/c24-23(25,26)17-7-10-19(11-8-17)35(33,34)31-20-5-1-3-15-6-9-18(29-21(15)20)14-28-30-22(32)16-4-2-12-27-13-16/h1-14,31H,(H,30,32)/b28-14+. The van der Waals surface area contributed by atoms with Crippen LogP contribution in [-0.4, -0.2) is 30.5 Å². The van der Waals surface area contributed by atoms with E-state index in [0.29, 0.717) is 28.8 Å². The van der Waals surface area contributed by atoms with Crippen LogP contribution in [0.15, 0.2) is 89.1 Å². The topological polar surface area (TPSA) is 113 Å². The maximum absolute atomic E-state index is 12.8. The van der Waals surface area contributed by atoms with E-state index in [1.807, 2.05) is 0 Å². The Morgan fingerprint density at radius 2 is 1.74 bits per heavy atom. The number of nitrogens with one attached hydrogen (secondary N) is 2. The average Bonchev–Trinajstić information content (AvgIpc) is 2.84. The summed E-state index contributed by atoms with van der Waals surface area (Å²) in [5.74, 6) is -0.472. The molecule has 2 aromatic carbocycles. The molecule has 12 heteroatoms. The number of carbonyl (C=O) groups excluding carboxylic acids is 1. The number of alkyl halides is 3. The lowest BCUT2D eigenvalue weighted by atomic mass is 10.2. The van der Waals surface area contributed by atoms with E-state index in [2.05, 4.69) is 25.2 Å². The van der Waals surface area contributed by atoms with Crippen LogP contribution in [0.3, 0.4) is 0 Å². The summed E-state index contributed by atoms with van der Waals surface area (Å²) in [4.78, 5) is 19.9. The second kappa shape index (κ2) is 9.50. The SMILES string of the molecule is O=C(N/N=C/c1ccc2cccc(NS(=O)(=O)c3ccc(C(F)(F)F)cc3)c2n1)c1cccnc1. The van der Waals surface area contributed by atoms with Gasteiger partial charge in [0, 0.05) is 17.8 Å². The Labute approximate surface area is 197 Å². The lowest BCUT2D eigenvalue weighted by Gasteiger charge is -2.12. The number of fused-ring (bicyclic) bond motifs is 1. The number of hydrogen-bond acceptors (Lipinski definition) is 6. The molecular weight excluding hydrogens is 483 g/mol. The molecule has 0 spiro atoms. The van der Waals surface area contributed by atoms with E-state index in [-0.39, 0.29) is 16.1 Å². The molecule has 35 heavy (non-hydrogen) atoms. The van der Waals surface area contributed by atoms with E-state index >= 15 is 0 Å². The number of benzene rings is 2. The van der Waals surface area contributed by atoms with Crippen LogP contribution in [0, 0.1) is 0 Å². The van der Waals surface area contributed by atoms with Crippen molar-refractivity contribution in [2.75, 3.05) is 4.72 Å². The molecule has 4 aromatic rings. The van der Waals surface area contributed by atoms with Crippen LogP contribution in [0.1, 0.15) is 21.6 Å². The number of anilines is 1. The number of sulfonamides is 1. The van der Waals surface area contributed by atoms with E-state index in [1.165, 1.54) is 24.7 Å². The number of carbonyl (C=O) groups is 1. The molecule has 178 valence electrons. The van der Waals surface area contributed by atoms with Crippen LogP contribution in [0.2, 0.25) is 0 Å². The van der Waals surface area contributed by atoms with Gasteiger partial charge in [-0.05, 0) is 48.5 Å². The molecule has 2 heterocycles. The zero-order valence-electron chi connectivity index (χ0n) is 17.7. The number of aromatic nitrogens is 2. The van der Waals surface area contributed by atoms with Crippen LogP contribution in [0.5, 0.6) is 0 Å². The highest BCUT2D eigenvalue weighted by Gasteiger charge is 2.30. The Kier molecular flexibility index (Phi) is 6.47. The molecular formula is C23H16F3N5O3S. The monoisotopic (exact) mass is 499 g/mol. The van der Waals surface area contributed by atoms with Crippen molar-refractivity contribution < 1.29 is 26.4 Å². The predicted molar refractivity (Wildman–Crippen MR) is 123 cm³/mol. The van der Waals surface area contributed by atoms with Gasteiger partial charge >= 0.3 is 6.18 Å². The van der Waals surface area contributed by atoms with Crippen molar-refractivity contribution in [1.82, 2.24) is 15.4 Å². The minimum absolute atomic E-state index is 0.122. The van der Waals surface area contributed by atoms with Gasteiger partial charge in [-0.1, -0.05) is 18.2 Å². The third-order valence-electron chi connectivity index (χ3n) is 4.76. The number of halogens is 3. The quantitative estimate of drug-likeness (QED) is 0.305. The molecule has 8 nitrogen and oxygen atoms in total. The molecule has 0 aliphatic heterocycles. The van der Waals surface area contributed by atoms with Gasteiger partial charge in [0.1, 0.15) is 0 Å². The van der Waals surface area contributed by atoms with E-state index in [1.54, 1.807) is 36.4 Å². The summed E-state index contributed by atoms with van der Waals surface area (Å²) in [6.45, 7) is 0. The first-order valence-electron chi connectivity index (χ1n) is 9.97. The number of pyridine rings is 2. The second-order valence-electron chi connectivity index (χ2n) is 7.18. The summed E-state index contributed by atoms with van der Waals surface area (Å²) < 4.78 is 66.3. The van der Waals surface area contributed by atoms with Crippen LogP contribution >= 0.6 is 0 Å². The fraction of sp³-hybridized carbons (Fsp3) is 0.0435. The summed E-state index contributed by atoms with van der Waals surface area (Å²) in [7, 11) is -4.19. The molecule has 2 aromatic heterocycles. The summed E-state index contributed by atoms with van der Waals surface area (Å²) in [6.07, 6.45) is -0.379. The van der Waals surface area contributed by atoms with Gasteiger partial charge < -0.3 is 0 Å². The Morgan fingerprint density at radius 3 is 2.43 bits per heavy atom. The highest BCUT2D eigenvalue weighted by atomic mass is 32.2. The van der Waals surface area contributed by atoms with Gasteiger partial charge in [-0.15, -0.1) is 0 Å². The van der Waals surface area contributed by atoms with E-state index < -0.39 is 27.7 Å². The molecule has 1 amide bonds. The normalized spacial score (nSPS) is 12.1. The summed E-state index contributed by atoms with van der Waals surface area (Å²) in [5, 5.41) is 4.46. The number of rotatable bonds is 6. The molecule has 0 fully saturated rings. The lowest BCUT2D eigenvalue weighted by molar-refractivity contribution is -0.137. The van der Waals surface area contributed by atoms with Crippen LogP contribution in [-0.2, 0) is 16.2 Å². The minimum atomic E-state index is -4.58. The minimum Gasteiger partial charge on any atom is -0.277 e. The van der Waals surface area contributed by atoms with Gasteiger partial charge in [-0.2, -0.15) is 18.3 Å². The van der Waals surface area contributed by atoms with Crippen molar-refractivity contribution in [3.63, 3.8) is 0 Å². The van der Waals surface area contributed by atoms with E-state index in [4.69, 9.17) is 0 Å². The summed E-state index contributed by atoms with van der Waals surface area (Å²) in [6, 6.07) is 14.4. The summed E-state index contributed by atoms with van der Waals surface area (Å²) >= 11 is 0. The molecule has 0 aliphatic carbocycles. The van der Waals surface area contributed by atoms with Crippen molar-refractivity contribution in [2.45, 2.75) is 11.1 Å². The predicted octanol–water partition coefficient (Wildman–Crippen LogP) is 4.21. The van der Waals surface area contributed by atoms with Crippen molar-refractivity contribution in [3.8, 4) is 0 Å². The third kappa shape index (κ3) is 5.61. The van der Waals surface area contributed by atoms with Crippen molar-refractivity contribution in [1.29, 1.82) is 0 Å². The molecule has 4 rings (SSSR count). The van der Waals surface area contributed by atoms with Gasteiger partial charge in [0.25, 0.3) is 15.9 Å². The van der Waals surface area contributed by atoms with Crippen LogP contribution in [0.25, 0.3) is 10.9 Å². The highest BCUT2D eigenvalue weighted by Crippen LogP contribution is 2.30. The maximum Gasteiger partial charge on any atom is 0.416 e. The highest BCUT2D eigenvalue weighted by molar-refractivity contribution is 7.92. The van der Waals surface area contributed by atoms with Gasteiger partial charge in [-0.3, -0.25) is 14.5 Å². The summed E-state index contributed by atoms with van der Waals surface area (Å²) in [5.41, 5.74) is 2.43. The van der Waals surface area contributed by atoms with E-state index in [9.17, 15) is 26.4 Å². The zero-order chi connectivity index (χ0) is 25.1. The first-order chi connectivity index (χ1) is 16.6. The zero-order valence-corrected chi connectivity index (χ0v) is 18.5. The maximum atomic E-state index is 12.8. The molecule has 0 unspecified atom stereocenters. The molecule has 0 saturated carbocycles.